The number of hydrogen-bond donors (Lipinski definition) is 1. The maximum atomic E-state index is 12.8. The molecule has 2 aromatic rings. The topological polar surface area (TPSA) is 38.3 Å². The molecule has 23 heavy (non-hydrogen) atoms. The summed E-state index contributed by atoms with van der Waals surface area (Å²) < 4.78 is 18.3. The van der Waals surface area contributed by atoms with Gasteiger partial charge in [0.05, 0.1) is 11.9 Å². The molecule has 0 aliphatic carbocycles. The molecular weight excluding hydrogens is 313 g/mol. The third-order valence-electron chi connectivity index (χ3n) is 3.49. The normalized spacial score (nSPS) is 12.0. The molecule has 1 atom stereocenters. The number of carbonyl (C=O) groups excluding carboxylic acids is 1. The summed E-state index contributed by atoms with van der Waals surface area (Å²) in [5.74, 6) is -0.0644. The fraction of sp³-hybridized carbons (Fsp3) is 0.278. The molecule has 0 aliphatic rings. The van der Waals surface area contributed by atoms with E-state index in [9.17, 15) is 9.18 Å². The van der Waals surface area contributed by atoms with Crippen LogP contribution in [0, 0.1) is 12.7 Å². The van der Waals surface area contributed by atoms with Gasteiger partial charge in [-0.15, -0.1) is 11.8 Å². The predicted molar refractivity (Wildman–Crippen MR) is 91.1 cm³/mol. The second kappa shape index (κ2) is 8.70. The van der Waals surface area contributed by atoms with E-state index in [0.29, 0.717) is 6.54 Å². The lowest BCUT2D eigenvalue weighted by Crippen LogP contribution is -2.30. The average Bonchev–Trinajstić information content (AvgIpc) is 2.56. The van der Waals surface area contributed by atoms with Gasteiger partial charge < -0.3 is 10.1 Å². The second-order valence-corrected chi connectivity index (χ2v) is 6.18. The van der Waals surface area contributed by atoms with Crippen LogP contribution in [0.3, 0.4) is 0 Å². The van der Waals surface area contributed by atoms with Gasteiger partial charge in [0.15, 0.2) is 0 Å². The number of methoxy groups -OCH3 is 1. The maximum Gasteiger partial charge on any atom is 0.230 e. The molecule has 0 saturated carbocycles. The minimum absolute atomic E-state index is 0.0741. The Bertz CT molecular complexity index is 646. The Balaban J connectivity index is 1.83. The van der Waals surface area contributed by atoms with Gasteiger partial charge in [-0.1, -0.05) is 24.3 Å². The van der Waals surface area contributed by atoms with Crippen molar-refractivity contribution in [3.05, 3.63) is 65.5 Å². The molecule has 1 N–H and O–H groups in total. The second-order valence-electron chi connectivity index (χ2n) is 5.13. The van der Waals surface area contributed by atoms with Crippen LogP contribution in [0.2, 0.25) is 0 Å². The van der Waals surface area contributed by atoms with Gasteiger partial charge in [-0.25, -0.2) is 4.39 Å². The Kier molecular flexibility index (Phi) is 6.62. The highest BCUT2D eigenvalue weighted by molar-refractivity contribution is 8.00. The number of carbonyl (C=O) groups is 1. The zero-order chi connectivity index (χ0) is 16.7. The molecule has 0 spiro atoms. The quantitative estimate of drug-likeness (QED) is 0.785. The van der Waals surface area contributed by atoms with Crippen LogP contribution in [-0.2, 0) is 9.53 Å². The van der Waals surface area contributed by atoms with Crippen molar-refractivity contribution in [1.82, 2.24) is 5.32 Å². The first-order valence-electron chi connectivity index (χ1n) is 7.33. The summed E-state index contributed by atoms with van der Waals surface area (Å²) >= 11 is 1.38. The Morgan fingerprint density at radius 3 is 2.57 bits per heavy atom. The molecule has 3 nitrogen and oxygen atoms in total. The highest BCUT2D eigenvalue weighted by Crippen LogP contribution is 2.20. The molecule has 0 unspecified atom stereocenters. The van der Waals surface area contributed by atoms with E-state index in [1.807, 2.05) is 31.2 Å². The molecule has 1 amide bonds. The first-order valence-corrected chi connectivity index (χ1v) is 8.32. The van der Waals surface area contributed by atoms with Crippen LogP contribution in [0.15, 0.2) is 53.4 Å². The van der Waals surface area contributed by atoms with Crippen LogP contribution in [0.1, 0.15) is 17.2 Å². The number of nitrogens with one attached hydrogen (secondary N) is 1. The fourth-order valence-corrected chi connectivity index (χ4v) is 2.93. The fourth-order valence-electron chi connectivity index (χ4n) is 2.21. The van der Waals surface area contributed by atoms with Gasteiger partial charge in [-0.3, -0.25) is 4.79 Å². The zero-order valence-corrected chi connectivity index (χ0v) is 14.0. The highest BCUT2D eigenvalue weighted by atomic mass is 32.2. The average molecular weight is 333 g/mol. The van der Waals surface area contributed by atoms with Gasteiger partial charge in [-0.2, -0.15) is 0 Å². The summed E-state index contributed by atoms with van der Waals surface area (Å²) in [7, 11) is 1.64. The Morgan fingerprint density at radius 2 is 1.91 bits per heavy atom. The van der Waals surface area contributed by atoms with E-state index < -0.39 is 0 Å². The van der Waals surface area contributed by atoms with Crippen LogP contribution in [0.4, 0.5) is 4.39 Å². The van der Waals surface area contributed by atoms with E-state index >= 15 is 0 Å². The largest absolute Gasteiger partial charge is 0.375 e. The van der Waals surface area contributed by atoms with E-state index in [1.54, 1.807) is 19.2 Å². The molecule has 122 valence electrons. The number of halogens is 1. The molecule has 0 bridgehead atoms. The Labute approximate surface area is 140 Å². The van der Waals surface area contributed by atoms with Crippen molar-refractivity contribution in [2.45, 2.75) is 17.9 Å². The third kappa shape index (κ3) is 5.37. The number of aryl methyl sites for hydroxylation is 1. The Morgan fingerprint density at radius 1 is 1.22 bits per heavy atom. The Hall–Kier alpha value is -1.85. The summed E-state index contributed by atoms with van der Waals surface area (Å²) in [4.78, 5) is 12.8. The summed E-state index contributed by atoms with van der Waals surface area (Å²) in [6.45, 7) is 2.44. The van der Waals surface area contributed by atoms with E-state index in [2.05, 4.69) is 5.32 Å². The molecule has 0 radical (unpaired) electrons. The lowest BCUT2D eigenvalue weighted by atomic mass is 10.0. The van der Waals surface area contributed by atoms with Crippen molar-refractivity contribution in [3.8, 4) is 0 Å². The lowest BCUT2D eigenvalue weighted by Gasteiger charge is -2.18. The summed E-state index contributed by atoms with van der Waals surface area (Å²) in [6.07, 6.45) is -0.170. The predicted octanol–water partition coefficient (Wildman–Crippen LogP) is 3.73. The van der Waals surface area contributed by atoms with E-state index in [0.717, 1.165) is 16.0 Å². The summed E-state index contributed by atoms with van der Waals surface area (Å²) in [5, 5.41) is 2.88. The first kappa shape index (κ1) is 17.5. The highest BCUT2D eigenvalue weighted by Gasteiger charge is 2.14. The van der Waals surface area contributed by atoms with Crippen molar-refractivity contribution in [1.29, 1.82) is 0 Å². The maximum absolute atomic E-state index is 12.8. The van der Waals surface area contributed by atoms with Crippen LogP contribution in [0.5, 0.6) is 0 Å². The smallest absolute Gasteiger partial charge is 0.230 e. The molecule has 0 heterocycles. The van der Waals surface area contributed by atoms with Gasteiger partial charge >= 0.3 is 0 Å². The number of thioether (sulfide) groups is 1. The minimum Gasteiger partial charge on any atom is -0.375 e. The van der Waals surface area contributed by atoms with Crippen molar-refractivity contribution in [2.75, 3.05) is 19.4 Å². The van der Waals surface area contributed by atoms with E-state index in [-0.39, 0.29) is 23.6 Å². The van der Waals surface area contributed by atoms with Crippen LogP contribution in [-0.4, -0.2) is 25.3 Å². The number of rotatable bonds is 7. The van der Waals surface area contributed by atoms with Crippen molar-refractivity contribution >= 4 is 17.7 Å². The van der Waals surface area contributed by atoms with Crippen LogP contribution in [0.25, 0.3) is 0 Å². The number of hydrogen-bond acceptors (Lipinski definition) is 3. The minimum atomic E-state index is -0.278. The molecule has 5 heteroatoms. The first-order chi connectivity index (χ1) is 11.1. The molecule has 0 saturated heterocycles. The van der Waals surface area contributed by atoms with E-state index in [4.69, 9.17) is 4.74 Å². The monoisotopic (exact) mass is 333 g/mol. The third-order valence-corrected chi connectivity index (χ3v) is 4.50. The SMILES string of the molecule is CO[C@@H](CNC(=O)CSc1ccc(F)cc1)c1ccccc1C. The zero-order valence-electron chi connectivity index (χ0n) is 13.2. The van der Waals surface area contributed by atoms with Crippen molar-refractivity contribution in [2.24, 2.45) is 0 Å². The van der Waals surface area contributed by atoms with Gasteiger partial charge in [0.25, 0.3) is 0 Å². The molecule has 0 fully saturated rings. The molecule has 2 aromatic carbocycles. The summed E-state index contributed by atoms with van der Waals surface area (Å²) in [5.41, 5.74) is 2.20. The molecular formula is C18H20FNO2S. The molecule has 0 aromatic heterocycles. The standard InChI is InChI=1S/C18H20FNO2S/c1-13-5-3-4-6-16(13)17(22-2)11-20-18(21)12-23-15-9-7-14(19)8-10-15/h3-10,17H,11-12H2,1-2H3,(H,20,21)/t17-/m0/s1. The molecule has 2 rings (SSSR count). The number of benzene rings is 2. The lowest BCUT2D eigenvalue weighted by molar-refractivity contribution is -0.119. The van der Waals surface area contributed by atoms with E-state index in [1.165, 1.54) is 23.9 Å². The van der Waals surface area contributed by atoms with Crippen LogP contribution >= 0.6 is 11.8 Å². The number of ether oxygens (including phenoxy) is 1. The summed E-state index contributed by atoms with van der Waals surface area (Å²) in [6, 6.07) is 14.1. The van der Waals surface area contributed by atoms with Crippen molar-refractivity contribution in [3.63, 3.8) is 0 Å². The van der Waals surface area contributed by atoms with Crippen LogP contribution < -0.4 is 5.32 Å². The van der Waals surface area contributed by atoms with Gasteiger partial charge in [-0.05, 0) is 42.3 Å². The van der Waals surface area contributed by atoms with Gasteiger partial charge in [0.2, 0.25) is 5.91 Å². The van der Waals surface area contributed by atoms with Gasteiger partial charge in [0, 0.05) is 18.6 Å². The molecule has 0 aliphatic heterocycles. The number of amides is 1. The van der Waals surface area contributed by atoms with Gasteiger partial charge in [0.1, 0.15) is 5.82 Å². The van der Waals surface area contributed by atoms with Crippen molar-refractivity contribution < 1.29 is 13.9 Å².